The van der Waals surface area contributed by atoms with Crippen LogP contribution in [0.4, 0.5) is 5.69 Å². The summed E-state index contributed by atoms with van der Waals surface area (Å²) in [6.07, 6.45) is 4.78. The van der Waals surface area contributed by atoms with Crippen LogP contribution in [-0.4, -0.2) is 26.2 Å². The summed E-state index contributed by atoms with van der Waals surface area (Å²) in [5, 5.41) is 4.11. The Labute approximate surface area is 156 Å². The fourth-order valence-electron chi connectivity index (χ4n) is 2.96. The second-order valence-electron chi connectivity index (χ2n) is 6.40. The molecular weight excluding hydrogens is 336 g/mol. The summed E-state index contributed by atoms with van der Waals surface area (Å²) < 4.78 is 0. The third kappa shape index (κ3) is 3.90. The van der Waals surface area contributed by atoms with Gasteiger partial charge in [-0.2, -0.15) is 0 Å². The number of hydrogen-bond donors (Lipinski definition) is 2. The average molecular weight is 363 g/mol. The largest absolute Gasteiger partial charge is 0.368 e. The number of halogens is 1. The van der Waals surface area contributed by atoms with Crippen LogP contribution in [0.2, 0.25) is 5.02 Å². The van der Waals surface area contributed by atoms with Gasteiger partial charge in [0.15, 0.2) is 0 Å². The molecule has 1 aromatic rings. The number of hydrogen-bond acceptors (Lipinski definition) is 3. The van der Waals surface area contributed by atoms with Crippen LogP contribution in [0, 0.1) is 0 Å². The maximum absolute atomic E-state index is 6.44. The normalized spacial score (nSPS) is 15.0. The Bertz CT molecular complexity index is 683. The molecule has 0 atom stereocenters. The van der Waals surface area contributed by atoms with Crippen molar-refractivity contribution in [3.8, 4) is 0 Å². The lowest BCUT2D eigenvalue weighted by atomic mass is 9.94. The SMILES string of the molecule is C=C/C=C(\C(S)=C(C)C)c1cc(Cl)cc(CC)c1N(C)C1CNC1. The van der Waals surface area contributed by atoms with E-state index in [4.69, 9.17) is 24.2 Å². The lowest BCUT2D eigenvalue weighted by Crippen LogP contribution is -2.56. The first-order valence-corrected chi connectivity index (χ1v) is 9.19. The number of benzene rings is 1. The second kappa shape index (κ2) is 8.28. The lowest BCUT2D eigenvalue weighted by Gasteiger charge is -2.39. The predicted molar refractivity (Wildman–Crippen MR) is 111 cm³/mol. The second-order valence-corrected chi connectivity index (χ2v) is 7.29. The van der Waals surface area contributed by atoms with E-state index in [2.05, 4.69) is 50.7 Å². The first-order valence-electron chi connectivity index (χ1n) is 8.36. The number of nitrogens with zero attached hydrogens (tertiary/aromatic N) is 1. The van der Waals surface area contributed by atoms with Crippen LogP contribution >= 0.6 is 24.2 Å². The number of thiol groups is 1. The minimum atomic E-state index is 0.510. The van der Waals surface area contributed by atoms with E-state index in [1.165, 1.54) is 16.8 Å². The molecule has 24 heavy (non-hydrogen) atoms. The zero-order valence-corrected chi connectivity index (χ0v) is 16.6. The molecule has 2 nitrogen and oxygen atoms in total. The molecule has 1 aliphatic heterocycles. The van der Waals surface area contributed by atoms with Gasteiger partial charge in [0.2, 0.25) is 0 Å². The topological polar surface area (TPSA) is 15.3 Å². The zero-order valence-electron chi connectivity index (χ0n) is 15.0. The van der Waals surface area contributed by atoms with Gasteiger partial charge in [-0.05, 0) is 43.5 Å². The minimum Gasteiger partial charge on any atom is -0.368 e. The summed E-state index contributed by atoms with van der Waals surface area (Å²) in [6, 6.07) is 4.64. The summed E-state index contributed by atoms with van der Waals surface area (Å²) in [4.78, 5) is 3.35. The van der Waals surface area contributed by atoms with Crippen LogP contribution in [-0.2, 0) is 6.42 Å². The summed E-state index contributed by atoms with van der Waals surface area (Å²) >= 11 is 11.2. The van der Waals surface area contributed by atoms with E-state index in [0.717, 1.165) is 40.6 Å². The Balaban J connectivity index is 2.70. The smallest absolute Gasteiger partial charge is 0.0536 e. The highest BCUT2D eigenvalue weighted by atomic mass is 35.5. The molecule has 1 heterocycles. The number of nitrogens with one attached hydrogen (secondary N) is 1. The first-order chi connectivity index (χ1) is 11.4. The molecule has 0 spiro atoms. The zero-order chi connectivity index (χ0) is 17.9. The van der Waals surface area contributed by atoms with Gasteiger partial charge in [0.1, 0.15) is 0 Å². The molecule has 1 saturated heterocycles. The van der Waals surface area contributed by atoms with Gasteiger partial charge >= 0.3 is 0 Å². The van der Waals surface area contributed by atoms with E-state index < -0.39 is 0 Å². The van der Waals surface area contributed by atoms with Crippen molar-refractivity contribution in [2.45, 2.75) is 33.2 Å². The number of allylic oxidation sites excluding steroid dienone is 4. The molecule has 0 saturated carbocycles. The summed E-state index contributed by atoms with van der Waals surface area (Å²) in [5.74, 6) is 0. The van der Waals surface area contributed by atoms with Crippen molar-refractivity contribution in [3.63, 3.8) is 0 Å². The van der Waals surface area contributed by atoms with Crippen molar-refractivity contribution in [2.24, 2.45) is 0 Å². The van der Waals surface area contributed by atoms with Gasteiger partial charge in [-0.25, -0.2) is 0 Å². The Hall–Kier alpha value is -1.16. The van der Waals surface area contributed by atoms with Crippen LogP contribution in [0.5, 0.6) is 0 Å². The van der Waals surface area contributed by atoms with Crippen molar-refractivity contribution >= 4 is 35.5 Å². The minimum absolute atomic E-state index is 0.510. The van der Waals surface area contributed by atoms with Gasteiger partial charge in [0.25, 0.3) is 0 Å². The molecule has 130 valence electrons. The molecule has 0 aliphatic carbocycles. The van der Waals surface area contributed by atoms with Gasteiger partial charge in [-0.15, -0.1) is 12.6 Å². The highest BCUT2D eigenvalue weighted by Crippen LogP contribution is 2.39. The molecule has 1 N–H and O–H groups in total. The summed E-state index contributed by atoms with van der Waals surface area (Å²) in [7, 11) is 2.17. The molecule has 4 heteroatoms. The molecule has 1 fully saturated rings. The fraction of sp³-hybridized carbons (Fsp3) is 0.400. The third-order valence-corrected chi connectivity index (χ3v) is 5.40. The van der Waals surface area contributed by atoms with Crippen LogP contribution in [0.3, 0.4) is 0 Å². The van der Waals surface area contributed by atoms with E-state index in [9.17, 15) is 0 Å². The molecule has 0 bridgehead atoms. The van der Waals surface area contributed by atoms with Crippen molar-refractivity contribution in [1.82, 2.24) is 5.32 Å². The Morgan fingerprint density at radius 2 is 2.08 bits per heavy atom. The van der Waals surface area contributed by atoms with Gasteiger partial charge < -0.3 is 10.2 Å². The first kappa shape index (κ1) is 19.2. The molecule has 1 aliphatic rings. The summed E-state index contributed by atoms with van der Waals surface area (Å²) in [6.45, 7) is 12.2. The van der Waals surface area contributed by atoms with E-state index in [0.29, 0.717) is 6.04 Å². The number of aryl methyl sites for hydroxylation is 1. The fourth-order valence-corrected chi connectivity index (χ4v) is 3.40. The Morgan fingerprint density at radius 1 is 1.42 bits per heavy atom. The summed E-state index contributed by atoms with van der Waals surface area (Å²) in [5.41, 5.74) is 5.87. The average Bonchev–Trinajstić information content (AvgIpc) is 2.48. The van der Waals surface area contributed by atoms with Crippen LogP contribution < -0.4 is 10.2 Å². The third-order valence-electron chi connectivity index (χ3n) is 4.50. The maximum atomic E-state index is 6.44. The molecule has 1 aromatic carbocycles. The monoisotopic (exact) mass is 362 g/mol. The van der Waals surface area contributed by atoms with E-state index >= 15 is 0 Å². The number of rotatable bonds is 6. The van der Waals surface area contributed by atoms with Crippen molar-refractivity contribution in [2.75, 3.05) is 25.0 Å². The van der Waals surface area contributed by atoms with E-state index in [1.54, 1.807) is 0 Å². The highest BCUT2D eigenvalue weighted by molar-refractivity contribution is 7.85. The molecule has 0 radical (unpaired) electrons. The molecule has 2 rings (SSSR count). The van der Waals surface area contributed by atoms with Gasteiger partial charge in [0, 0.05) is 41.3 Å². The van der Waals surface area contributed by atoms with Gasteiger partial charge in [-0.1, -0.05) is 42.8 Å². The highest BCUT2D eigenvalue weighted by Gasteiger charge is 2.26. The van der Waals surface area contributed by atoms with E-state index in [-0.39, 0.29) is 0 Å². The number of anilines is 1. The van der Waals surface area contributed by atoms with Crippen molar-refractivity contribution in [1.29, 1.82) is 0 Å². The van der Waals surface area contributed by atoms with E-state index in [1.807, 2.05) is 18.2 Å². The van der Waals surface area contributed by atoms with Gasteiger partial charge in [0.05, 0.1) is 6.04 Å². The lowest BCUT2D eigenvalue weighted by molar-refractivity contribution is 0.428. The molecule has 0 unspecified atom stereocenters. The molecule has 0 aromatic heterocycles. The molecular formula is C20H27ClN2S. The predicted octanol–water partition coefficient (Wildman–Crippen LogP) is 5.10. The Kier molecular flexibility index (Phi) is 6.62. The van der Waals surface area contributed by atoms with Gasteiger partial charge in [-0.3, -0.25) is 0 Å². The standard InChI is InChI=1S/C20H27ClN2S/c1-6-8-17(20(24)13(3)4)18-10-15(21)9-14(7-2)19(18)23(5)16-11-22-12-16/h6,8-10,16,22,24H,1,7,11-12H2,2-5H3/b17-8-. The van der Waals surface area contributed by atoms with Crippen LogP contribution in [0.15, 0.2) is 41.3 Å². The van der Waals surface area contributed by atoms with Crippen molar-refractivity contribution in [3.05, 3.63) is 57.5 Å². The number of likely N-dealkylation sites (N-methyl/N-ethyl adjacent to an activating group) is 1. The molecule has 0 amide bonds. The van der Waals surface area contributed by atoms with Crippen LogP contribution in [0.1, 0.15) is 31.9 Å². The Morgan fingerprint density at radius 3 is 2.54 bits per heavy atom. The quantitative estimate of drug-likeness (QED) is 0.540. The van der Waals surface area contributed by atoms with Crippen molar-refractivity contribution < 1.29 is 0 Å². The van der Waals surface area contributed by atoms with Crippen LogP contribution in [0.25, 0.3) is 5.57 Å². The maximum Gasteiger partial charge on any atom is 0.0536 e.